The second-order valence-corrected chi connectivity index (χ2v) is 8.60. The van der Waals surface area contributed by atoms with Crippen molar-refractivity contribution in [2.24, 2.45) is 0 Å². The van der Waals surface area contributed by atoms with Gasteiger partial charge in [-0.1, -0.05) is 0 Å². The van der Waals surface area contributed by atoms with Gasteiger partial charge in [0, 0.05) is 0 Å². The molecule has 3 nitrogen and oxygen atoms in total. The molecule has 1 rings (SSSR count). The molecule has 0 fully saturated rings. The molecule has 1 unspecified atom stereocenters. The van der Waals surface area contributed by atoms with Gasteiger partial charge < -0.3 is 0 Å². The molecule has 5 heteroatoms. The van der Waals surface area contributed by atoms with Gasteiger partial charge >= 0.3 is 128 Å². The Morgan fingerprint density at radius 2 is 1.90 bits per heavy atom. The minimum absolute atomic E-state index is 0.283. The topological polar surface area (TPSA) is 29.5 Å². The first-order valence-corrected chi connectivity index (χ1v) is 10.4. The van der Waals surface area contributed by atoms with Gasteiger partial charge in [-0.2, -0.15) is 0 Å². The van der Waals surface area contributed by atoms with E-state index in [4.69, 9.17) is 4.74 Å². The zero-order valence-electron chi connectivity index (χ0n) is 13.0. The summed E-state index contributed by atoms with van der Waals surface area (Å²) in [5.41, 5.74) is 3.17. The molecule has 0 saturated carbocycles. The maximum absolute atomic E-state index is 14.0. The van der Waals surface area contributed by atoms with Crippen LogP contribution in [0.1, 0.15) is 16.7 Å². The second-order valence-electron chi connectivity index (χ2n) is 5.14. The number of rotatable bonds is 5. The van der Waals surface area contributed by atoms with Crippen LogP contribution in [0.15, 0.2) is 12.1 Å². The normalized spacial score (nSPS) is 13.3. The summed E-state index contributed by atoms with van der Waals surface area (Å²) in [5.74, 6) is -0.283. The van der Waals surface area contributed by atoms with Crippen LogP contribution in [0.25, 0.3) is 0 Å². The molecular weight excluding hydrogens is 372 g/mol. The van der Waals surface area contributed by atoms with Crippen molar-refractivity contribution in [1.29, 1.82) is 0 Å². The number of carbonyl (C=O) groups is 1. The SMILES string of the molecule is COC(=O)C(Cc1cc(C)c(C)cc1I(C)F)N(C)C. The van der Waals surface area contributed by atoms with Crippen LogP contribution >= 0.6 is 20.4 Å². The van der Waals surface area contributed by atoms with Gasteiger partial charge in [0.25, 0.3) is 0 Å². The van der Waals surface area contributed by atoms with E-state index in [0.29, 0.717) is 6.42 Å². The standard InChI is InChI=1S/C15H23FINO2/c1-10-7-12(13(17(3)16)8-11(10)2)9-14(18(4)5)15(19)20-6/h7-8,14H,9H2,1-6H3. The van der Waals surface area contributed by atoms with E-state index in [1.807, 2.05) is 45.0 Å². The van der Waals surface area contributed by atoms with E-state index < -0.39 is 20.4 Å². The summed E-state index contributed by atoms with van der Waals surface area (Å²) in [6.45, 7) is 4.00. The fourth-order valence-corrected chi connectivity index (χ4v) is 4.29. The van der Waals surface area contributed by atoms with Crippen molar-refractivity contribution in [3.8, 4) is 0 Å². The predicted octanol–water partition coefficient (Wildman–Crippen LogP) is 3.14. The van der Waals surface area contributed by atoms with E-state index in [0.717, 1.165) is 20.3 Å². The fraction of sp³-hybridized carbons (Fsp3) is 0.533. The van der Waals surface area contributed by atoms with Crippen molar-refractivity contribution in [2.75, 3.05) is 26.1 Å². The average molecular weight is 395 g/mol. The van der Waals surface area contributed by atoms with Crippen molar-refractivity contribution in [3.63, 3.8) is 0 Å². The second kappa shape index (κ2) is 7.36. The number of aryl methyl sites for hydroxylation is 2. The maximum atomic E-state index is 14.0. The Kier molecular flexibility index (Phi) is 6.39. The van der Waals surface area contributed by atoms with Gasteiger partial charge in [0.2, 0.25) is 0 Å². The van der Waals surface area contributed by atoms with E-state index in [-0.39, 0.29) is 12.0 Å². The van der Waals surface area contributed by atoms with Crippen LogP contribution in [0.3, 0.4) is 0 Å². The summed E-state index contributed by atoms with van der Waals surface area (Å²) in [6.07, 6.45) is 0.488. The number of likely N-dealkylation sites (N-methyl/N-ethyl adjacent to an activating group) is 1. The molecule has 1 aromatic carbocycles. The monoisotopic (exact) mass is 395 g/mol. The molecule has 0 aliphatic heterocycles. The van der Waals surface area contributed by atoms with E-state index >= 15 is 0 Å². The van der Waals surface area contributed by atoms with Crippen molar-refractivity contribution in [3.05, 3.63) is 32.4 Å². The molecule has 0 bridgehead atoms. The van der Waals surface area contributed by atoms with Crippen molar-refractivity contribution < 1.29 is 12.4 Å². The quantitative estimate of drug-likeness (QED) is 0.436. The van der Waals surface area contributed by atoms with Crippen LogP contribution < -0.4 is 0 Å². The number of benzene rings is 1. The van der Waals surface area contributed by atoms with Gasteiger partial charge in [-0.15, -0.1) is 0 Å². The number of ether oxygens (including phenoxy) is 1. The Bertz CT molecular complexity index is 489. The van der Waals surface area contributed by atoms with Crippen LogP contribution in [0.2, 0.25) is 0 Å². The third-order valence-corrected chi connectivity index (χ3v) is 6.06. The van der Waals surface area contributed by atoms with E-state index in [9.17, 15) is 7.65 Å². The number of hydrogen-bond donors (Lipinski definition) is 0. The number of hydrogen-bond acceptors (Lipinski definition) is 3. The van der Waals surface area contributed by atoms with Crippen molar-refractivity contribution >= 4 is 26.4 Å². The summed E-state index contributed by atoms with van der Waals surface area (Å²) in [7, 11) is 5.05. The van der Waals surface area contributed by atoms with Crippen molar-refractivity contribution in [2.45, 2.75) is 26.3 Å². The van der Waals surface area contributed by atoms with Crippen LogP contribution in [-0.2, 0) is 16.0 Å². The van der Waals surface area contributed by atoms with Gasteiger partial charge in [-0.25, -0.2) is 0 Å². The number of carbonyl (C=O) groups excluding carboxylic acids is 1. The summed E-state index contributed by atoms with van der Waals surface area (Å²) < 4.78 is 19.6. The van der Waals surface area contributed by atoms with E-state index in [2.05, 4.69) is 0 Å². The summed E-state index contributed by atoms with van der Waals surface area (Å²) in [5, 5.41) is 0. The molecule has 0 aromatic heterocycles. The first-order valence-electron chi connectivity index (χ1n) is 6.38. The molecule has 0 spiro atoms. The molecule has 0 aliphatic rings. The molecular formula is C15H23FINO2. The molecule has 20 heavy (non-hydrogen) atoms. The zero-order chi connectivity index (χ0) is 15.4. The molecule has 0 saturated heterocycles. The number of halogens is 2. The first kappa shape index (κ1) is 17.4. The Labute approximate surface area is 128 Å². The predicted molar refractivity (Wildman–Crippen MR) is 88.9 cm³/mol. The molecule has 0 aliphatic carbocycles. The molecule has 0 amide bonds. The molecule has 1 atom stereocenters. The zero-order valence-corrected chi connectivity index (χ0v) is 15.1. The Morgan fingerprint density at radius 3 is 2.35 bits per heavy atom. The molecule has 114 valence electrons. The van der Waals surface area contributed by atoms with Crippen LogP contribution in [0, 0.1) is 17.4 Å². The number of esters is 1. The summed E-state index contributed by atoms with van der Waals surface area (Å²) in [4.78, 5) is 15.3. The van der Waals surface area contributed by atoms with Gasteiger partial charge in [0.15, 0.2) is 0 Å². The summed E-state index contributed by atoms with van der Waals surface area (Å²) in [6, 6.07) is 3.58. The third kappa shape index (κ3) is 4.15. The van der Waals surface area contributed by atoms with Gasteiger partial charge in [-0.05, 0) is 0 Å². The Morgan fingerprint density at radius 1 is 1.35 bits per heavy atom. The van der Waals surface area contributed by atoms with Crippen LogP contribution in [-0.4, -0.2) is 43.0 Å². The van der Waals surface area contributed by atoms with Crippen LogP contribution in [0.4, 0.5) is 2.86 Å². The van der Waals surface area contributed by atoms with E-state index in [1.165, 1.54) is 7.11 Å². The van der Waals surface area contributed by atoms with Crippen molar-refractivity contribution in [1.82, 2.24) is 4.90 Å². The number of methoxy groups -OCH3 is 1. The van der Waals surface area contributed by atoms with Gasteiger partial charge in [-0.3, -0.25) is 0 Å². The Hall–Kier alpha value is -0.690. The Balaban J connectivity index is 3.17. The third-order valence-electron chi connectivity index (χ3n) is 3.45. The fourth-order valence-electron chi connectivity index (χ4n) is 2.06. The minimum atomic E-state index is -2.59. The molecule has 0 heterocycles. The van der Waals surface area contributed by atoms with E-state index in [1.54, 1.807) is 4.93 Å². The average Bonchev–Trinajstić information content (AvgIpc) is 2.37. The van der Waals surface area contributed by atoms with Gasteiger partial charge in [0.05, 0.1) is 0 Å². The van der Waals surface area contributed by atoms with Crippen LogP contribution in [0.5, 0.6) is 0 Å². The van der Waals surface area contributed by atoms with Gasteiger partial charge in [0.1, 0.15) is 0 Å². The summed E-state index contributed by atoms with van der Waals surface area (Å²) >= 11 is -2.59. The number of nitrogens with zero attached hydrogens (tertiary/aromatic N) is 1. The number of alkyl halides is 1. The molecule has 1 aromatic rings. The molecule has 0 N–H and O–H groups in total. The first-order chi connectivity index (χ1) is 9.27. The molecule has 0 radical (unpaired) electrons.